The first-order valence-corrected chi connectivity index (χ1v) is 7.16. The molecule has 0 saturated heterocycles. The minimum atomic E-state index is -0.852. The van der Waals surface area contributed by atoms with Crippen LogP contribution in [0.25, 0.3) is 10.2 Å². The van der Waals surface area contributed by atoms with Crippen LogP contribution in [0.5, 0.6) is 5.75 Å². The van der Waals surface area contributed by atoms with Crippen molar-refractivity contribution in [3.63, 3.8) is 0 Å². The molecule has 0 bridgehead atoms. The summed E-state index contributed by atoms with van der Waals surface area (Å²) in [5.41, 5.74) is -0.0408. The van der Waals surface area contributed by atoms with E-state index in [9.17, 15) is 4.79 Å². The number of methoxy groups -OCH3 is 1. The summed E-state index contributed by atoms with van der Waals surface area (Å²) in [4.78, 5) is 16.5. The van der Waals surface area contributed by atoms with Gasteiger partial charge < -0.3 is 10.1 Å². The lowest BCUT2D eigenvalue weighted by Crippen LogP contribution is -2.40. The van der Waals surface area contributed by atoms with Crippen LogP contribution in [0, 0.1) is 16.7 Å². The van der Waals surface area contributed by atoms with Crippen molar-refractivity contribution in [2.45, 2.75) is 19.3 Å². The minimum Gasteiger partial charge on any atom is -0.497 e. The van der Waals surface area contributed by atoms with Crippen LogP contribution < -0.4 is 10.1 Å². The molecule has 1 heterocycles. The minimum absolute atomic E-state index is 0.239. The lowest BCUT2D eigenvalue weighted by molar-refractivity contribution is -0.126. The van der Waals surface area contributed by atoms with Crippen LogP contribution in [0.2, 0.25) is 0 Å². The first-order chi connectivity index (χ1) is 9.66. The number of ether oxygens (including phenoxy) is 1. The first-order valence-electron chi connectivity index (χ1n) is 6.34. The number of carbonyl (C=O) groups excluding carboxylic acids is 1. The van der Waals surface area contributed by atoms with Gasteiger partial charge in [-0.25, -0.2) is 4.98 Å². The van der Waals surface area contributed by atoms with E-state index in [1.807, 2.05) is 18.2 Å². The third-order valence-electron chi connectivity index (χ3n) is 3.67. The van der Waals surface area contributed by atoms with E-state index in [-0.39, 0.29) is 5.91 Å². The van der Waals surface area contributed by atoms with Gasteiger partial charge in [-0.15, -0.1) is 0 Å². The van der Waals surface area contributed by atoms with Crippen LogP contribution in [0.4, 0.5) is 5.13 Å². The molecule has 1 aromatic carbocycles. The Bertz CT molecular complexity index is 713. The van der Waals surface area contributed by atoms with Gasteiger partial charge in [0.05, 0.1) is 23.4 Å². The third kappa shape index (κ3) is 2.00. The fourth-order valence-electron chi connectivity index (χ4n) is 2.22. The molecule has 1 saturated carbocycles. The van der Waals surface area contributed by atoms with Crippen LogP contribution in [0.3, 0.4) is 0 Å². The van der Waals surface area contributed by atoms with Crippen molar-refractivity contribution in [1.29, 1.82) is 5.26 Å². The molecule has 0 unspecified atom stereocenters. The van der Waals surface area contributed by atoms with Gasteiger partial charge in [0.1, 0.15) is 11.2 Å². The molecule has 102 valence electrons. The number of hydrogen-bond donors (Lipinski definition) is 1. The number of aromatic nitrogens is 1. The van der Waals surface area contributed by atoms with Gasteiger partial charge >= 0.3 is 0 Å². The Kier molecular flexibility index (Phi) is 3.07. The zero-order valence-electron chi connectivity index (χ0n) is 11.0. The van der Waals surface area contributed by atoms with Crippen molar-refractivity contribution in [2.24, 2.45) is 5.41 Å². The van der Waals surface area contributed by atoms with E-state index < -0.39 is 5.41 Å². The number of nitriles is 1. The largest absolute Gasteiger partial charge is 0.497 e. The molecule has 6 heteroatoms. The molecule has 1 aliphatic rings. The first kappa shape index (κ1) is 12.9. The molecule has 0 aliphatic heterocycles. The highest BCUT2D eigenvalue weighted by Crippen LogP contribution is 2.41. The number of carbonyl (C=O) groups is 1. The summed E-state index contributed by atoms with van der Waals surface area (Å²) >= 11 is 1.38. The van der Waals surface area contributed by atoms with Gasteiger partial charge in [0.25, 0.3) is 0 Å². The maximum absolute atomic E-state index is 12.2. The molecule has 1 amide bonds. The molecule has 3 rings (SSSR count). The molecule has 20 heavy (non-hydrogen) atoms. The molecule has 0 spiro atoms. The lowest BCUT2D eigenvalue weighted by atomic mass is 9.69. The standard InChI is InChI=1S/C14H13N3O2S/c1-19-9-3-4-10-11(7-9)20-13(16-10)17-12(18)14(8-15)5-2-6-14/h3-4,7H,2,5-6H2,1H3,(H,16,17,18). The Morgan fingerprint density at radius 3 is 2.95 bits per heavy atom. The van der Waals surface area contributed by atoms with Crippen LogP contribution >= 0.6 is 11.3 Å². The third-order valence-corrected chi connectivity index (χ3v) is 4.61. The lowest BCUT2D eigenvalue weighted by Gasteiger charge is -2.32. The van der Waals surface area contributed by atoms with E-state index in [4.69, 9.17) is 10.00 Å². The highest BCUT2D eigenvalue weighted by molar-refractivity contribution is 7.22. The van der Waals surface area contributed by atoms with Crippen molar-refractivity contribution < 1.29 is 9.53 Å². The molecule has 0 radical (unpaired) electrons. The van der Waals surface area contributed by atoms with E-state index in [0.717, 1.165) is 22.4 Å². The summed E-state index contributed by atoms with van der Waals surface area (Å²) in [7, 11) is 1.61. The molecule has 1 fully saturated rings. The van der Waals surface area contributed by atoms with E-state index in [2.05, 4.69) is 16.4 Å². The van der Waals surface area contributed by atoms with Crippen molar-refractivity contribution in [3.05, 3.63) is 18.2 Å². The van der Waals surface area contributed by atoms with E-state index in [1.165, 1.54) is 11.3 Å². The van der Waals surface area contributed by atoms with Crippen molar-refractivity contribution in [3.8, 4) is 11.8 Å². The number of benzene rings is 1. The number of anilines is 1. The molecule has 2 aromatic rings. The highest BCUT2D eigenvalue weighted by atomic mass is 32.1. The predicted molar refractivity (Wildman–Crippen MR) is 76.7 cm³/mol. The second-order valence-electron chi connectivity index (χ2n) is 4.85. The fraction of sp³-hybridized carbons (Fsp3) is 0.357. The zero-order valence-corrected chi connectivity index (χ0v) is 11.8. The van der Waals surface area contributed by atoms with E-state index in [0.29, 0.717) is 18.0 Å². The Hall–Kier alpha value is -2.13. The number of fused-ring (bicyclic) bond motifs is 1. The highest BCUT2D eigenvalue weighted by Gasteiger charge is 2.44. The Morgan fingerprint density at radius 1 is 1.55 bits per heavy atom. The normalized spacial score (nSPS) is 16.2. The van der Waals surface area contributed by atoms with Gasteiger partial charge in [-0.05, 0) is 37.5 Å². The van der Waals surface area contributed by atoms with Crippen LogP contribution in [-0.4, -0.2) is 18.0 Å². The molecule has 1 N–H and O–H groups in total. The number of rotatable bonds is 3. The second-order valence-corrected chi connectivity index (χ2v) is 5.88. The van der Waals surface area contributed by atoms with Gasteiger partial charge in [-0.3, -0.25) is 4.79 Å². The van der Waals surface area contributed by atoms with E-state index >= 15 is 0 Å². The summed E-state index contributed by atoms with van der Waals surface area (Å²) < 4.78 is 6.10. The van der Waals surface area contributed by atoms with Gasteiger partial charge in [0.2, 0.25) is 5.91 Å². The van der Waals surface area contributed by atoms with E-state index in [1.54, 1.807) is 7.11 Å². The average molecular weight is 287 g/mol. The van der Waals surface area contributed by atoms with Crippen LogP contribution in [0.1, 0.15) is 19.3 Å². The summed E-state index contributed by atoms with van der Waals surface area (Å²) in [6.45, 7) is 0. The summed E-state index contributed by atoms with van der Waals surface area (Å²) in [5.74, 6) is 0.517. The van der Waals surface area contributed by atoms with Gasteiger partial charge in [-0.1, -0.05) is 11.3 Å². The van der Waals surface area contributed by atoms with Crippen molar-refractivity contribution in [2.75, 3.05) is 12.4 Å². The topological polar surface area (TPSA) is 75.0 Å². The number of amides is 1. The van der Waals surface area contributed by atoms with Crippen LogP contribution in [0.15, 0.2) is 18.2 Å². The quantitative estimate of drug-likeness (QED) is 0.941. The fourth-order valence-corrected chi connectivity index (χ4v) is 3.11. The van der Waals surface area contributed by atoms with Gasteiger partial charge in [0.15, 0.2) is 5.13 Å². The molecular formula is C14H13N3O2S. The molecule has 1 aromatic heterocycles. The number of nitrogens with zero attached hydrogens (tertiary/aromatic N) is 2. The Labute approximate surface area is 120 Å². The second kappa shape index (κ2) is 4.76. The maximum Gasteiger partial charge on any atom is 0.246 e. The number of nitrogens with one attached hydrogen (secondary N) is 1. The van der Waals surface area contributed by atoms with Crippen LogP contribution in [-0.2, 0) is 4.79 Å². The molecule has 1 aliphatic carbocycles. The number of thiazole rings is 1. The number of hydrogen-bond acceptors (Lipinski definition) is 5. The Morgan fingerprint density at radius 2 is 2.35 bits per heavy atom. The van der Waals surface area contributed by atoms with Crippen molar-refractivity contribution in [1.82, 2.24) is 4.98 Å². The average Bonchev–Trinajstić information content (AvgIpc) is 2.78. The molecule has 0 atom stereocenters. The van der Waals surface area contributed by atoms with Crippen molar-refractivity contribution >= 4 is 32.6 Å². The van der Waals surface area contributed by atoms with Gasteiger partial charge in [-0.2, -0.15) is 5.26 Å². The molecule has 5 nitrogen and oxygen atoms in total. The SMILES string of the molecule is COc1ccc2nc(NC(=O)C3(C#N)CCC3)sc2c1. The zero-order chi connectivity index (χ0) is 14.2. The summed E-state index contributed by atoms with van der Waals surface area (Å²) in [6, 6.07) is 7.69. The summed E-state index contributed by atoms with van der Waals surface area (Å²) in [5, 5.41) is 12.4. The summed E-state index contributed by atoms with van der Waals surface area (Å²) in [6.07, 6.45) is 2.19. The Balaban J connectivity index is 1.84. The predicted octanol–water partition coefficient (Wildman–Crippen LogP) is 2.94. The maximum atomic E-state index is 12.2. The monoisotopic (exact) mass is 287 g/mol. The van der Waals surface area contributed by atoms with Gasteiger partial charge in [0, 0.05) is 0 Å². The molecular weight excluding hydrogens is 274 g/mol. The smallest absolute Gasteiger partial charge is 0.246 e.